The number of thiophene rings is 1. The van der Waals surface area contributed by atoms with Crippen molar-refractivity contribution in [2.75, 3.05) is 6.54 Å². The van der Waals surface area contributed by atoms with Gasteiger partial charge < -0.3 is 5.73 Å². The lowest BCUT2D eigenvalue weighted by atomic mass is 10.1. The molecule has 0 unspecified atom stereocenters. The maximum atomic E-state index is 5.56. The minimum Gasteiger partial charge on any atom is -0.330 e. The number of fused-ring (bicyclic) bond motifs is 1. The molecule has 1 nitrogen and oxygen atoms in total. The molecule has 13 heavy (non-hydrogen) atoms. The number of rotatable bonds is 2. The SMILES string of the molecule is NCCc1c(Br)sc2ccccc12. The van der Waals surface area contributed by atoms with Crippen LogP contribution < -0.4 is 5.73 Å². The normalized spacial score (nSPS) is 10.9. The Hall–Kier alpha value is -0.380. The Labute approximate surface area is 89.7 Å². The van der Waals surface area contributed by atoms with E-state index in [0.717, 1.165) is 6.42 Å². The maximum absolute atomic E-state index is 5.56. The lowest BCUT2D eigenvalue weighted by Crippen LogP contribution is -2.02. The van der Waals surface area contributed by atoms with E-state index in [0.29, 0.717) is 6.54 Å². The Kier molecular flexibility index (Phi) is 2.67. The van der Waals surface area contributed by atoms with Crippen molar-refractivity contribution >= 4 is 37.4 Å². The molecule has 1 heterocycles. The third-order valence-electron chi connectivity index (χ3n) is 2.04. The summed E-state index contributed by atoms with van der Waals surface area (Å²) in [4.78, 5) is 0. The predicted molar refractivity (Wildman–Crippen MR) is 62.3 cm³/mol. The maximum Gasteiger partial charge on any atom is 0.0743 e. The molecule has 0 aliphatic heterocycles. The van der Waals surface area contributed by atoms with Crippen molar-refractivity contribution in [1.29, 1.82) is 0 Å². The standard InChI is InChI=1S/C10H10BrNS/c11-10-8(5-6-12)7-3-1-2-4-9(7)13-10/h1-4H,5-6,12H2. The summed E-state index contributed by atoms with van der Waals surface area (Å²) in [5.41, 5.74) is 6.91. The van der Waals surface area contributed by atoms with E-state index in [4.69, 9.17) is 5.73 Å². The molecule has 2 N–H and O–H groups in total. The van der Waals surface area contributed by atoms with Crippen LogP contribution in [-0.2, 0) is 6.42 Å². The summed E-state index contributed by atoms with van der Waals surface area (Å²) in [6, 6.07) is 8.44. The van der Waals surface area contributed by atoms with E-state index in [-0.39, 0.29) is 0 Å². The van der Waals surface area contributed by atoms with Crippen molar-refractivity contribution in [2.24, 2.45) is 5.73 Å². The zero-order valence-corrected chi connectivity index (χ0v) is 9.49. The van der Waals surface area contributed by atoms with Gasteiger partial charge >= 0.3 is 0 Å². The number of benzene rings is 1. The van der Waals surface area contributed by atoms with Crippen molar-refractivity contribution in [3.63, 3.8) is 0 Å². The van der Waals surface area contributed by atoms with E-state index in [1.165, 1.54) is 19.4 Å². The first-order valence-electron chi connectivity index (χ1n) is 4.19. The molecular formula is C10H10BrNS. The monoisotopic (exact) mass is 255 g/mol. The van der Waals surface area contributed by atoms with E-state index < -0.39 is 0 Å². The van der Waals surface area contributed by atoms with Crippen LogP contribution in [0.4, 0.5) is 0 Å². The fourth-order valence-corrected chi connectivity index (χ4v) is 3.36. The van der Waals surface area contributed by atoms with Crippen LogP contribution in [-0.4, -0.2) is 6.54 Å². The quantitative estimate of drug-likeness (QED) is 0.877. The van der Waals surface area contributed by atoms with Gasteiger partial charge in [-0.15, -0.1) is 11.3 Å². The van der Waals surface area contributed by atoms with E-state index in [9.17, 15) is 0 Å². The molecule has 2 aromatic rings. The summed E-state index contributed by atoms with van der Waals surface area (Å²) in [5.74, 6) is 0. The van der Waals surface area contributed by atoms with Crippen LogP contribution in [0.25, 0.3) is 10.1 Å². The van der Waals surface area contributed by atoms with Crippen LogP contribution in [0.1, 0.15) is 5.56 Å². The van der Waals surface area contributed by atoms with Gasteiger partial charge in [0.25, 0.3) is 0 Å². The van der Waals surface area contributed by atoms with Gasteiger partial charge in [0.15, 0.2) is 0 Å². The van der Waals surface area contributed by atoms with Crippen LogP contribution in [0.15, 0.2) is 28.1 Å². The van der Waals surface area contributed by atoms with Crippen LogP contribution >= 0.6 is 27.3 Å². The molecule has 1 aromatic heterocycles. The van der Waals surface area contributed by atoms with E-state index in [2.05, 4.69) is 40.2 Å². The van der Waals surface area contributed by atoms with Gasteiger partial charge in [-0.05, 0) is 45.9 Å². The smallest absolute Gasteiger partial charge is 0.0743 e. The molecule has 0 spiro atoms. The van der Waals surface area contributed by atoms with Gasteiger partial charge in [-0.3, -0.25) is 0 Å². The van der Waals surface area contributed by atoms with E-state index in [1.807, 2.05) is 0 Å². The van der Waals surface area contributed by atoms with Crippen molar-refractivity contribution in [3.8, 4) is 0 Å². The lowest BCUT2D eigenvalue weighted by Gasteiger charge is -1.96. The van der Waals surface area contributed by atoms with Gasteiger partial charge in [-0.2, -0.15) is 0 Å². The molecule has 0 bridgehead atoms. The molecule has 0 saturated carbocycles. The van der Waals surface area contributed by atoms with Gasteiger partial charge in [-0.1, -0.05) is 18.2 Å². The predicted octanol–water partition coefficient (Wildman–Crippen LogP) is 3.17. The van der Waals surface area contributed by atoms with Crippen molar-refractivity contribution in [1.82, 2.24) is 0 Å². The number of hydrogen-bond acceptors (Lipinski definition) is 2. The molecule has 0 atom stereocenters. The van der Waals surface area contributed by atoms with Crippen LogP contribution in [0.3, 0.4) is 0 Å². The minimum absolute atomic E-state index is 0.708. The highest BCUT2D eigenvalue weighted by Gasteiger charge is 2.07. The Bertz CT molecular complexity index is 422. The summed E-state index contributed by atoms with van der Waals surface area (Å²) in [6.07, 6.45) is 0.949. The van der Waals surface area contributed by atoms with E-state index >= 15 is 0 Å². The highest BCUT2D eigenvalue weighted by molar-refractivity contribution is 9.11. The Morgan fingerprint density at radius 3 is 2.85 bits per heavy atom. The fraction of sp³-hybridized carbons (Fsp3) is 0.200. The second-order valence-corrected chi connectivity index (χ2v) is 5.26. The topological polar surface area (TPSA) is 26.0 Å². The second kappa shape index (κ2) is 3.78. The molecule has 0 radical (unpaired) electrons. The summed E-state index contributed by atoms with van der Waals surface area (Å²) < 4.78 is 2.55. The molecule has 68 valence electrons. The van der Waals surface area contributed by atoms with Gasteiger partial charge in [0.1, 0.15) is 0 Å². The van der Waals surface area contributed by atoms with Gasteiger partial charge in [0.2, 0.25) is 0 Å². The first-order chi connectivity index (χ1) is 6.33. The molecule has 0 fully saturated rings. The Balaban J connectivity index is 2.64. The zero-order valence-electron chi connectivity index (χ0n) is 7.09. The molecule has 2 rings (SSSR count). The third kappa shape index (κ3) is 1.64. The van der Waals surface area contributed by atoms with Crippen LogP contribution in [0.5, 0.6) is 0 Å². The van der Waals surface area contributed by atoms with Crippen molar-refractivity contribution in [3.05, 3.63) is 33.6 Å². The first kappa shape index (κ1) is 9.19. The second-order valence-electron chi connectivity index (χ2n) is 2.89. The van der Waals surface area contributed by atoms with Crippen LogP contribution in [0.2, 0.25) is 0 Å². The molecule has 0 aliphatic carbocycles. The molecule has 1 aromatic carbocycles. The van der Waals surface area contributed by atoms with E-state index in [1.54, 1.807) is 11.3 Å². The van der Waals surface area contributed by atoms with Crippen LogP contribution in [0, 0.1) is 0 Å². The highest BCUT2D eigenvalue weighted by atomic mass is 79.9. The van der Waals surface area contributed by atoms with Crippen molar-refractivity contribution in [2.45, 2.75) is 6.42 Å². The zero-order chi connectivity index (χ0) is 9.26. The summed E-state index contributed by atoms with van der Waals surface area (Å²) in [7, 11) is 0. The average molecular weight is 256 g/mol. The first-order valence-corrected chi connectivity index (χ1v) is 5.80. The number of nitrogens with two attached hydrogens (primary N) is 1. The summed E-state index contributed by atoms with van der Waals surface area (Å²) >= 11 is 5.35. The summed E-state index contributed by atoms with van der Waals surface area (Å²) in [5, 5.41) is 1.34. The average Bonchev–Trinajstić information content (AvgIpc) is 2.44. The van der Waals surface area contributed by atoms with Gasteiger partial charge in [0, 0.05) is 4.70 Å². The Morgan fingerprint density at radius 1 is 1.31 bits per heavy atom. The Morgan fingerprint density at radius 2 is 2.08 bits per heavy atom. The molecule has 0 aliphatic rings. The van der Waals surface area contributed by atoms with Gasteiger partial charge in [0.05, 0.1) is 3.79 Å². The number of hydrogen-bond donors (Lipinski definition) is 1. The lowest BCUT2D eigenvalue weighted by molar-refractivity contribution is 0.977. The van der Waals surface area contributed by atoms with Crippen molar-refractivity contribution < 1.29 is 0 Å². The molecule has 3 heteroatoms. The molecule has 0 amide bonds. The highest BCUT2D eigenvalue weighted by Crippen LogP contribution is 2.35. The van der Waals surface area contributed by atoms with Gasteiger partial charge in [-0.25, -0.2) is 0 Å². The number of halogens is 1. The minimum atomic E-state index is 0.708. The summed E-state index contributed by atoms with van der Waals surface area (Å²) in [6.45, 7) is 0.708. The molecular weight excluding hydrogens is 246 g/mol. The molecule has 0 saturated heterocycles. The largest absolute Gasteiger partial charge is 0.330 e. The third-order valence-corrected chi connectivity index (χ3v) is 4.01. The fourth-order valence-electron chi connectivity index (χ4n) is 1.45.